The maximum absolute atomic E-state index is 13.9. The van der Waals surface area contributed by atoms with E-state index in [4.69, 9.17) is 20.4 Å². The number of carbonyl (C=O) groups is 3. The molecular weight excluding hydrogens is 757 g/mol. The average Bonchev–Trinajstić information content (AvgIpc) is 4.10. The Labute approximate surface area is 352 Å². The van der Waals surface area contributed by atoms with Crippen LogP contribution in [0.5, 0.6) is 0 Å². The number of carbonyl (C=O) groups excluding carboxylic acids is 3. The molecule has 4 aromatic rings. The lowest BCUT2D eigenvalue weighted by atomic mass is 9.78. The summed E-state index contributed by atoms with van der Waals surface area (Å²) in [7, 11) is 1.31. The number of aromatic nitrogens is 4. The second-order valence-electron chi connectivity index (χ2n) is 17.5. The molecule has 13 heteroatoms. The molecule has 2 aromatic heterocycles. The Morgan fingerprint density at radius 3 is 2.30 bits per heavy atom. The molecular formula is C47H60N8O5. The molecule has 60 heavy (non-hydrogen) atoms. The highest BCUT2D eigenvalue weighted by atomic mass is 16.5. The summed E-state index contributed by atoms with van der Waals surface area (Å²) in [6.07, 6.45) is 13.5. The summed E-state index contributed by atoms with van der Waals surface area (Å²) in [5.41, 5.74) is 16.8. The van der Waals surface area contributed by atoms with E-state index in [2.05, 4.69) is 51.7 Å². The normalized spacial score (nSPS) is 22.0. The number of imidazole rings is 2. The molecule has 0 bridgehead atoms. The lowest BCUT2D eigenvalue weighted by Gasteiger charge is -2.30. The van der Waals surface area contributed by atoms with E-state index in [0.717, 1.165) is 103 Å². The number of benzene rings is 2. The van der Waals surface area contributed by atoms with E-state index >= 15 is 0 Å². The number of ether oxygens (including phenoxy) is 1. The van der Waals surface area contributed by atoms with Crippen molar-refractivity contribution in [2.75, 3.05) is 20.2 Å². The number of aliphatic hydroxyl groups is 1. The SMILES string of the molecule is CCC(C)C(NC(=O)OC)C(=O)N1CCCC1c1nc2ccc(-c3ccc(C4=CC=C(c5cnc(C6CCCN6C(=O)C(N)C(C)C)[nH]5)CC4)c4c3C(O)CCC4)cc2[nH]1. The third kappa shape index (κ3) is 7.89. The number of rotatable bonds is 11. The highest BCUT2D eigenvalue weighted by Crippen LogP contribution is 2.44. The first kappa shape index (κ1) is 41.5. The van der Waals surface area contributed by atoms with Crippen molar-refractivity contribution in [2.24, 2.45) is 17.6 Å². The van der Waals surface area contributed by atoms with Gasteiger partial charge in [0.15, 0.2) is 0 Å². The molecule has 2 saturated heterocycles. The summed E-state index contributed by atoms with van der Waals surface area (Å²) in [5.74, 6) is 1.44. The van der Waals surface area contributed by atoms with E-state index in [1.54, 1.807) is 0 Å². The lowest BCUT2D eigenvalue weighted by molar-refractivity contribution is -0.136. The third-order valence-electron chi connectivity index (χ3n) is 13.5. The number of nitrogens with two attached hydrogens (primary N) is 1. The molecule has 6 unspecified atom stereocenters. The Bertz CT molecular complexity index is 2320. The fourth-order valence-corrected chi connectivity index (χ4v) is 9.75. The van der Waals surface area contributed by atoms with Gasteiger partial charge in [0.1, 0.15) is 17.7 Å². The van der Waals surface area contributed by atoms with Gasteiger partial charge in [-0.3, -0.25) is 9.59 Å². The molecule has 4 aliphatic rings. The number of hydrogen-bond donors (Lipinski definition) is 5. The largest absolute Gasteiger partial charge is 0.453 e. The van der Waals surface area contributed by atoms with Crippen LogP contribution in [0.15, 0.2) is 48.7 Å². The van der Waals surface area contributed by atoms with Gasteiger partial charge in [-0.1, -0.05) is 64.5 Å². The van der Waals surface area contributed by atoms with Gasteiger partial charge in [0, 0.05) is 13.1 Å². The topological polar surface area (TPSA) is 183 Å². The highest BCUT2D eigenvalue weighted by molar-refractivity contribution is 5.88. The zero-order valence-corrected chi connectivity index (χ0v) is 35.6. The van der Waals surface area contributed by atoms with Crippen LogP contribution in [0.2, 0.25) is 0 Å². The first-order chi connectivity index (χ1) is 29.0. The molecule has 0 radical (unpaired) electrons. The Morgan fingerprint density at radius 2 is 1.60 bits per heavy atom. The van der Waals surface area contributed by atoms with Gasteiger partial charge in [0.25, 0.3) is 0 Å². The van der Waals surface area contributed by atoms with Gasteiger partial charge in [0.2, 0.25) is 11.8 Å². The fourth-order valence-electron chi connectivity index (χ4n) is 9.75. The van der Waals surface area contributed by atoms with Crippen molar-refractivity contribution in [3.8, 4) is 11.1 Å². The van der Waals surface area contributed by atoms with E-state index in [1.165, 1.54) is 29.4 Å². The predicted molar refractivity (Wildman–Crippen MR) is 232 cm³/mol. The molecule has 0 spiro atoms. The van der Waals surface area contributed by atoms with Crippen molar-refractivity contribution < 1.29 is 24.2 Å². The molecule has 3 amide bonds. The molecule has 2 aromatic carbocycles. The molecule has 2 aliphatic carbocycles. The van der Waals surface area contributed by atoms with E-state index in [0.29, 0.717) is 19.5 Å². The first-order valence-corrected chi connectivity index (χ1v) is 22.0. The van der Waals surface area contributed by atoms with Crippen molar-refractivity contribution in [1.82, 2.24) is 35.1 Å². The third-order valence-corrected chi connectivity index (χ3v) is 13.5. The van der Waals surface area contributed by atoms with Crippen molar-refractivity contribution in [2.45, 2.75) is 122 Å². The van der Waals surface area contributed by atoms with Crippen LogP contribution in [0.25, 0.3) is 33.3 Å². The number of nitrogens with one attached hydrogen (secondary N) is 3. The Morgan fingerprint density at radius 1 is 0.900 bits per heavy atom. The number of aromatic amines is 2. The van der Waals surface area contributed by atoms with Gasteiger partial charge in [-0.05, 0) is 121 Å². The summed E-state index contributed by atoms with van der Waals surface area (Å²) in [4.78, 5) is 59.8. The number of allylic oxidation sites excluding steroid dienone is 4. The van der Waals surface area contributed by atoms with Crippen LogP contribution in [-0.2, 0) is 20.7 Å². The molecule has 13 nitrogen and oxygen atoms in total. The Hall–Kier alpha value is -5.27. The number of alkyl carbamates (subject to hydrolysis) is 1. The molecule has 6 N–H and O–H groups in total. The number of methoxy groups -OCH3 is 1. The monoisotopic (exact) mass is 816 g/mol. The molecule has 2 fully saturated rings. The minimum Gasteiger partial charge on any atom is -0.453 e. The zero-order chi connectivity index (χ0) is 42.2. The molecule has 318 valence electrons. The van der Waals surface area contributed by atoms with Gasteiger partial charge >= 0.3 is 6.09 Å². The van der Waals surface area contributed by atoms with Crippen LogP contribution < -0.4 is 11.1 Å². The van der Waals surface area contributed by atoms with Crippen LogP contribution in [0, 0.1) is 11.8 Å². The smallest absolute Gasteiger partial charge is 0.407 e. The van der Waals surface area contributed by atoms with Crippen LogP contribution in [0.1, 0.15) is 138 Å². The lowest BCUT2D eigenvalue weighted by Crippen LogP contribution is -2.51. The minimum absolute atomic E-state index is 0.00504. The van der Waals surface area contributed by atoms with E-state index in [1.807, 2.05) is 49.8 Å². The summed E-state index contributed by atoms with van der Waals surface area (Å²) < 4.78 is 4.84. The molecule has 0 saturated carbocycles. The molecule has 8 rings (SSSR count). The number of aliphatic hydroxyl groups excluding tert-OH is 1. The first-order valence-electron chi connectivity index (χ1n) is 22.0. The van der Waals surface area contributed by atoms with Gasteiger partial charge < -0.3 is 40.7 Å². The van der Waals surface area contributed by atoms with Crippen molar-refractivity contribution in [3.63, 3.8) is 0 Å². The van der Waals surface area contributed by atoms with Gasteiger partial charge in [-0.15, -0.1) is 0 Å². The average molecular weight is 817 g/mol. The predicted octanol–water partition coefficient (Wildman–Crippen LogP) is 7.66. The standard InChI is InChI=1S/C47H60N8O5/c1-6-27(4)42(53-47(59)60-5)46(58)55-23-9-12-38(55)44-50-34-21-18-30(24-35(34)51-44)32-20-19-31(33-10-7-13-39(56)40(32)33)28-14-16-29(17-15-28)36-25-49-43(52-36)37-11-8-22-54(37)45(57)41(48)26(2)3/h14,16,18-21,24-27,37-39,41-42,56H,6-13,15,17,22-23,48H2,1-5H3,(H,49,52)(H,50,51)(H,53,59). The van der Waals surface area contributed by atoms with Crippen LogP contribution in [0.3, 0.4) is 0 Å². The molecule has 2 aliphatic heterocycles. The maximum Gasteiger partial charge on any atom is 0.407 e. The second-order valence-corrected chi connectivity index (χ2v) is 17.5. The van der Waals surface area contributed by atoms with Crippen LogP contribution in [-0.4, -0.2) is 85.0 Å². The van der Waals surface area contributed by atoms with Crippen molar-refractivity contribution in [3.05, 3.63) is 82.7 Å². The summed E-state index contributed by atoms with van der Waals surface area (Å²) in [6.45, 7) is 9.23. The van der Waals surface area contributed by atoms with E-state index in [9.17, 15) is 19.5 Å². The highest BCUT2D eigenvalue weighted by Gasteiger charge is 2.39. The van der Waals surface area contributed by atoms with Gasteiger partial charge in [-0.2, -0.15) is 0 Å². The minimum atomic E-state index is -0.686. The zero-order valence-electron chi connectivity index (χ0n) is 35.6. The summed E-state index contributed by atoms with van der Waals surface area (Å²) in [6, 6.07) is 9.06. The number of fused-ring (bicyclic) bond motifs is 2. The van der Waals surface area contributed by atoms with E-state index < -0.39 is 24.3 Å². The maximum atomic E-state index is 13.9. The van der Waals surface area contributed by atoms with E-state index in [-0.39, 0.29) is 35.7 Å². The number of nitrogens with zero attached hydrogens (tertiary/aromatic N) is 4. The number of hydrogen-bond acceptors (Lipinski definition) is 8. The summed E-state index contributed by atoms with van der Waals surface area (Å²) >= 11 is 0. The number of amides is 3. The fraction of sp³-hybridized carbons (Fsp3) is 0.511. The van der Waals surface area contributed by atoms with Gasteiger partial charge in [-0.25, -0.2) is 14.8 Å². The molecule has 4 heterocycles. The van der Waals surface area contributed by atoms with Crippen molar-refractivity contribution in [1.29, 1.82) is 0 Å². The second kappa shape index (κ2) is 17.4. The summed E-state index contributed by atoms with van der Waals surface area (Å²) in [5, 5.41) is 14.3. The van der Waals surface area contributed by atoms with Gasteiger partial charge in [0.05, 0.1) is 54.3 Å². The molecule has 6 atom stereocenters. The Balaban J connectivity index is 1.03. The quantitative estimate of drug-likeness (QED) is 0.102. The number of H-pyrrole nitrogens is 2. The van der Waals surface area contributed by atoms with Crippen molar-refractivity contribution >= 4 is 40.1 Å². The Kier molecular flexibility index (Phi) is 12.0. The number of likely N-dealkylation sites (tertiary alicyclic amines) is 2. The van der Waals surface area contributed by atoms with Crippen LogP contribution >= 0.6 is 0 Å². The van der Waals surface area contributed by atoms with Crippen LogP contribution in [0.4, 0.5) is 4.79 Å².